The monoisotopic (exact) mass is 519 g/mol. The Labute approximate surface area is 221 Å². The van der Waals surface area contributed by atoms with Crippen LogP contribution in [-0.2, 0) is 4.79 Å². The van der Waals surface area contributed by atoms with Gasteiger partial charge in [-0.05, 0) is 77.3 Å². The highest BCUT2D eigenvalue weighted by atomic mass is 32.2. The fraction of sp³-hybridized carbons (Fsp3) is 0.333. The fourth-order valence-electron chi connectivity index (χ4n) is 5.23. The van der Waals surface area contributed by atoms with E-state index in [2.05, 4.69) is 19.9 Å². The van der Waals surface area contributed by atoms with Crippen molar-refractivity contribution >= 4 is 34.0 Å². The second-order valence-electron chi connectivity index (χ2n) is 10.0. The standard InChI is InChI=1S/C30H31F2N3OS/c1-19-16-27(22-5-9-25(32)10-6-22)35(17-26(19)21-3-7-24(31)8-4-21)18-29(36)34-13-11-23-15-20(2)30(33)37-28(23)12-14-34/h3-10,16-17,19-20,33H,11-15,18H2,1-2H3. The molecule has 2 aromatic rings. The summed E-state index contributed by atoms with van der Waals surface area (Å²) >= 11 is 1.58. The van der Waals surface area contributed by atoms with E-state index in [1.807, 2.05) is 16.0 Å². The molecule has 1 amide bonds. The Balaban J connectivity index is 1.39. The Morgan fingerprint density at radius 2 is 1.59 bits per heavy atom. The lowest BCUT2D eigenvalue weighted by atomic mass is 9.90. The first-order chi connectivity index (χ1) is 17.8. The van der Waals surface area contributed by atoms with Crippen molar-refractivity contribution in [3.8, 4) is 0 Å². The summed E-state index contributed by atoms with van der Waals surface area (Å²) < 4.78 is 27.2. The van der Waals surface area contributed by atoms with Gasteiger partial charge in [-0.15, -0.1) is 0 Å². The molecule has 0 radical (unpaired) electrons. The average molecular weight is 520 g/mol. The number of hydrogen-bond acceptors (Lipinski definition) is 4. The summed E-state index contributed by atoms with van der Waals surface area (Å²) in [5.41, 5.74) is 4.99. The van der Waals surface area contributed by atoms with Crippen molar-refractivity contribution < 1.29 is 13.6 Å². The highest BCUT2D eigenvalue weighted by Gasteiger charge is 2.29. The summed E-state index contributed by atoms with van der Waals surface area (Å²) in [4.78, 5) is 18.7. The van der Waals surface area contributed by atoms with Crippen LogP contribution in [0.15, 0.2) is 71.3 Å². The molecular weight excluding hydrogens is 488 g/mol. The molecule has 0 fully saturated rings. The summed E-state index contributed by atoms with van der Waals surface area (Å²) in [6, 6.07) is 12.7. The van der Waals surface area contributed by atoms with Gasteiger partial charge in [0.2, 0.25) is 5.91 Å². The quantitative estimate of drug-likeness (QED) is 0.477. The minimum absolute atomic E-state index is 0.0281. The number of halogens is 2. The Kier molecular flexibility index (Phi) is 7.33. The maximum absolute atomic E-state index is 13.7. The SMILES string of the molecule is CC1C=C(c2ccc(F)cc2)N(CC(=O)N2CCC3=C(CC2)SC(=N)C(C)C3)C=C1c1ccc(F)cc1. The number of amides is 1. The van der Waals surface area contributed by atoms with E-state index in [0.717, 1.165) is 41.7 Å². The molecule has 2 unspecified atom stereocenters. The van der Waals surface area contributed by atoms with E-state index in [0.29, 0.717) is 18.1 Å². The highest BCUT2D eigenvalue weighted by Crippen LogP contribution is 2.40. The van der Waals surface area contributed by atoms with Crippen LogP contribution in [0.1, 0.15) is 44.2 Å². The van der Waals surface area contributed by atoms with Crippen molar-refractivity contribution in [2.24, 2.45) is 11.8 Å². The van der Waals surface area contributed by atoms with Crippen LogP contribution in [0.4, 0.5) is 8.78 Å². The molecule has 0 bridgehead atoms. The van der Waals surface area contributed by atoms with Gasteiger partial charge in [-0.2, -0.15) is 0 Å². The molecule has 0 aromatic heterocycles. The van der Waals surface area contributed by atoms with Crippen LogP contribution < -0.4 is 0 Å². The minimum Gasteiger partial charge on any atom is -0.340 e. The smallest absolute Gasteiger partial charge is 0.242 e. The third-order valence-electron chi connectivity index (χ3n) is 7.40. The van der Waals surface area contributed by atoms with Gasteiger partial charge in [-0.1, -0.05) is 49.4 Å². The zero-order valence-corrected chi connectivity index (χ0v) is 22.0. The number of nitrogens with zero attached hydrogens (tertiary/aromatic N) is 2. The molecule has 3 heterocycles. The molecule has 2 atom stereocenters. The molecule has 5 rings (SSSR count). The Morgan fingerprint density at radius 3 is 2.27 bits per heavy atom. The molecule has 4 nitrogen and oxygen atoms in total. The van der Waals surface area contributed by atoms with Crippen LogP contribution >= 0.6 is 11.8 Å². The second-order valence-corrected chi connectivity index (χ2v) is 11.2. The van der Waals surface area contributed by atoms with E-state index in [1.165, 1.54) is 34.7 Å². The maximum Gasteiger partial charge on any atom is 0.242 e. The average Bonchev–Trinajstić information content (AvgIpc) is 3.08. The summed E-state index contributed by atoms with van der Waals surface area (Å²) in [6.45, 7) is 5.63. The lowest BCUT2D eigenvalue weighted by molar-refractivity contribution is -0.131. The highest BCUT2D eigenvalue weighted by molar-refractivity contribution is 8.17. The van der Waals surface area contributed by atoms with E-state index in [4.69, 9.17) is 5.41 Å². The lowest BCUT2D eigenvalue weighted by Crippen LogP contribution is -2.39. The van der Waals surface area contributed by atoms with Crippen LogP contribution in [-0.4, -0.2) is 40.4 Å². The third-order valence-corrected chi connectivity index (χ3v) is 8.76. The minimum atomic E-state index is -0.306. The van der Waals surface area contributed by atoms with E-state index >= 15 is 0 Å². The Morgan fingerprint density at radius 1 is 0.973 bits per heavy atom. The first kappa shape index (κ1) is 25.5. The number of nitrogens with one attached hydrogen (secondary N) is 1. The predicted octanol–water partition coefficient (Wildman–Crippen LogP) is 6.93. The number of benzene rings is 2. The lowest BCUT2D eigenvalue weighted by Gasteiger charge is -2.33. The predicted molar refractivity (Wildman–Crippen MR) is 147 cm³/mol. The van der Waals surface area contributed by atoms with Gasteiger partial charge in [0.05, 0.1) is 5.04 Å². The van der Waals surface area contributed by atoms with Crippen LogP contribution in [0.2, 0.25) is 0 Å². The molecule has 192 valence electrons. The number of carbonyl (C=O) groups excluding carboxylic acids is 1. The molecule has 37 heavy (non-hydrogen) atoms. The van der Waals surface area contributed by atoms with Crippen LogP contribution in [0.5, 0.6) is 0 Å². The van der Waals surface area contributed by atoms with Gasteiger partial charge < -0.3 is 9.80 Å². The molecule has 2 aromatic carbocycles. The largest absolute Gasteiger partial charge is 0.340 e. The third kappa shape index (κ3) is 5.57. The van der Waals surface area contributed by atoms with E-state index in [9.17, 15) is 13.6 Å². The van der Waals surface area contributed by atoms with Gasteiger partial charge >= 0.3 is 0 Å². The van der Waals surface area contributed by atoms with Gasteiger partial charge in [0.15, 0.2) is 0 Å². The van der Waals surface area contributed by atoms with E-state index < -0.39 is 0 Å². The molecule has 0 aliphatic carbocycles. The van der Waals surface area contributed by atoms with Gasteiger partial charge in [0.25, 0.3) is 0 Å². The first-order valence-corrected chi connectivity index (χ1v) is 13.6. The van der Waals surface area contributed by atoms with Crippen LogP contribution in [0, 0.1) is 28.9 Å². The molecule has 0 saturated heterocycles. The van der Waals surface area contributed by atoms with E-state index in [-0.39, 0.29) is 35.9 Å². The van der Waals surface area contributed by atoms with Crippen molar-refractivity contribution in [3.63, 3.8) is 0 Å². The Bertz CT molecular complexity index is 1300. The number of thioether (sulfide) groups is 1. The number of hydrogen-bond donors (Lipinski definition) is 1. The molecule has 1 N–H and O–H groups in total. The van der Waals surface area contributed by atoms with Crippen molar-refractivity contribution in [2.45, 2.75) is 33.1 Å². The molecule has 3 aliphatic rings. The van der Waals surface area contributed by atoms with Crippen LogP contribution in [0.3, 0.4) is 0 Å². The summed E-state index contributed by atoms with van der Waals surface area (Å²) in [5.74, 6) is -0.285. The molecular formula is C30H31F2N3OS. The summed E-state index contributed by atoms with van der Waals surface area (Å²) in [6.07, 6.45) is 6.61. The van der Waals surface area contributed by atoms with Gasteiger partial charge in [-0.25, -0.2) is 8.78 Å². The Hall–Kier alpha value is -3.19. The normalized spacial score (nSPS) is 22.3. The first-order valence-electron chi connectivity index (χ1n) is 12.8. The van der Waals surface area contributed by atoms with Crippen molar-refractivity contribution in [2.75, 3.05) is 19.6 Å². The maximum atomic E-state index is 13.7. The summed E-state index contributed by atoms with van der Waals surface area (Å²) in [5, 5.41) is 8.93. The van der Waals surface area contributed by atoms with Crippen LogP contribution in [0.25, 0.3) is 11.3 Å². The zero-order valence-electron chi connectivity index (χ0n) is 21.1. The van der Waals surface area contributed by atoms with Gasteiger partial charge in [0.1, 0.15) is 18.2 Å². The van der Waals surface area contributed by atoms with Crippen molar-refractivity contribution in [1.29, 1.82) is 5.41 Å². The topological polar surface area (TPSA) is 47.4 Å². The molecule has 3 aliphatic heterocycles. The second kappa shape index (κ2) is 10.7. The summed E-state index contributed by atoms with van der Waals surface area (Å²) in [7, 11) is 0. The molecule has 7 heteroatoms. The van der Waals surface area contributed by atoms with Crippen molar-refractivity contribution in [3.05, 3.63) is 94.0 Å². The fourth-order valence-corrected chi connectivity index (χ4v) is 6.31. The number of allylic oxidation sites excluding steroid dienone is 2. The molecule has 0 saturated carbocycles. The van der Waals surface area contributed by atoms with Gasteiger partial charge in [0, 0.05) is 36.8 Å². The molecule has 0 spiro atoms. The van der Waals surface area contributed by atoms with E-state index in [1.54, 1.807) is 36.0 Å². The number of carbonyl (C=O) groups is 1. The van der Waals surface area contributed by atoms with Crippen molar-refractivity contribution in [1.82, 2.24) is 9.80 Å². The van der Waals surface area contributed by atoms with Gasteiger partial charge in [-0.3, -0.25) is 10.2 Å². The number of rotatable bonds is 4. The zero-order chi connectivity index (χ0) is 26.1.